The molecule has 160 valence electrons. The van der Waals surface area contributed by atoms with Gasteiger partial charge in [-0.15, -0.1) is 0 Å². The molecule has 0 saturated carbocycles. The Morgan fingerprint density at radius 1 is 0.697 bits per heavy atom. The molecule has 0 bridgehead atoms. The Morgan fingerprint density at radius 3 is 2.24 bits per heavy atom. The molecular formula is C29H20Cl2N2. The standard InChI is InChI=1S/C29H20Cl2N2/c30-21-12-10-19(11-13-21)18-33-27-9-5-4-8-24(27)28(20-6-2-1-3-7-20)29(33)25-17-32-26-16-22(31)14-15-23(25)26/h1-17,32H,18H2. The van der Waals surface area contributed by atoms with Gasteiger partial charge in [0.25, 0.3) is 0 Å². The van der Waals surface area contributed by atoms with Gasteiger partial charge in [0.2, 0.25) is 0 Å². The minimum atomic E-state index is 0.723. The quantitative estimate of drug-likeness (QED) is 0.267. The Bertz CT molecular complexity index is 1590. The van der Waals surface area contributed by atoms with Crippen molar-refractivity contribution in [2.45, 2.75) is 6.54 Å². The van der Waals surface area contributed by atoms with Gasteiger partial charge in [0.05, 0.1) is 5.69 Å². The molecule has 0 spiro atoms. The van der Waals surface area contributed by atoms with E-state index in [2.05, 4.69) is 88.5 Å². The number of nitrogens with zero attached hydrogens (tertiary/aromatic N) is 1. The molecule has 0 radical (unpaired) electrons. The first-order valence-electron chi connectivity index (χ1n) is 10.9. The minimum absolute atomic E-state index is 0.723. The molecule has 6 rings (SSSR count). The van der Waals surface area contributed by atoms with Gasteiger partial charge >= 0.3 is 0 Å². The van der Waals surface area contributed by atoms with E-state index >= 15 is 0 Å². The summed E-state index contributed by atoms with van der Waals surface area (Å²) in [5.74, 6) is 0. The molecule has 0 aliphatic rings. The van der Waals surface area contributed by atoms with E-state index in [0.717, 1.165) is 33.1 Å². The monoisotopic (exact) mass is 466 g/mol. The van der Waals surface area contributed by atoms with Crippen molar-refractivity contribution in [3.05, 3.63) is 119 Å². The normalized spacial score (nSPS) is 11.5. The fourth-order valence-corrected chi connectivity index (χ4v) is 5.01. The van der Waals surface area contributed by atoms with Crippen LogP contribution in [-0.4, -0.2) is 9.55 Å². The van der Waals surface area contributed by atoms with Crippen molar-refractivity contribution in [3.63, 3.8) is 0 Å². The number of benzene rings is 4. The number of rotatable bonds is 4. The van der Waals surface area contributed by atoms with Crippen molar-refractivity contribution >= 4 is 45.0 Å². The van der Waals surface area contributed by atoms with E-state index in [0.29, 0.717) is 0 Å². The highest BCUT2D eigenvalue weighted by Gasteiger charge is 2.22. The number of nitrogens with one attached hydrogen (secondary N) is 1. The third-order valence-corrected chi connectivity index (χ3v) is 6.67. The summed E-state index contributed by atoms with van der Waals surface area (Å²) in [5, 5.41) is 3.85. The maximum absolute atomic E-state index is 6.28. The number of H-pyrrole nitrogens is 1. The summed E-state index contributed by atoms with van der Waals surface area (Å²) in [6.45, 7) is 0.736. The van der Waals surface area contributed by atoms with Crippen molar-refractivity contribution in [2.75, 3.05) is 0 Å². The molecule has 0 aliphatic carbocycles. The van der Waals surface area contributed by atoms with Crippen molar-refractivity contribution < 1.29 is 0 Å². The Kier molecular flexibility index (Phi) is 4.98. The summed E-state index contributed by atoms with van der Waals surface area (Å²) in [7, 11) is 0. The molecule has 6 aromatic rings. The van der Waals surface area contributed by atoms with E-state index in [1.165, 1.54) is 33.3 Å². The van der Waals surface area contributed by atoms with Crippen molar-refractivity contribution in [1.82, 2.24) is 9.55 Å². The maximum atomic E-state index is 6.28. The van der Waals surface area contributed by atoms with E-state index in [9.17, 15) is 0 Å². The molecule has 0 fully saturated rings. The van der Waals surface area contributed by atoms with E-state index in [4.69, 9.17) is 23.2 Å². The van der Waals surface area contributed by atoms with Crippen LogP contribution in [0.3, 0.4) is 0 Å². The predicted molar refractivity (Wildman–Crippen MR) is 140 cm³/mol. The summed E-state index contributed by atoms with van der Waals surface area (Å²) < 4.78 is 2.41. The molecule has 2 heterocycles. The summed E-state index contributed by atoms with van der Waals surface area (Å²) in [6.07, 6.45) is 2.10. The SMILES string of the molecule is Clc1ccc(Cn2c(-c3c[nH]c4cc(Cl)ccc34)c(-c3ccccc3)c3ccccc32)cc1. The van der Waals surface area contributed by atoms with Gasteiger partial charge in [-0.25, -0.2) is 0 Å². The summed E-state index contributed by atoms with van der Waals surface area (Å²) in [5.41, 5.74) is 8.20. The number of halogens is 2. The maximum Gasteiger partial charge on any atom is 0.0595 e. The van der Waals surface area contributed by atoms with E-state index in [1.54, 1.807) is 0 Å². The Labute approximate surface area is 202 Å². The van der Waals surface area contributed by atoms with Crippen LogP contribution >= 0.6 is 23.2 Å². The lowest BCUT2D eigenvalue weighted by atomic mass is 9.98. The van der Waals surface area contributed by atoms with Crippen LogP contribution in [0.15, 0.2) is 103 Å². The predicted octanol–water partition coefficient (Wildman–Crippen LogP) is 8.81. The van der Waals surface area contributed by atoms with Crippen molar-refractivity contribution in [3.8, 4) is 22.4 Å². The molecule has 33 heavy (non-hydrogen) atoms. The second-order valence-electron chi connectivity index (χ2n) is 8.21. The van der Waals surface area contributed by atoms with Crippen LogP contribution in [0.5, 0.6) is 0 Å². The summed E-state index contributed by atoms with van der Waals surface area (Å²) in [6, 6.07) is 33.4. The molecule has 4 heteroatoms. The molecule has 0 atom stereocenters. The average molecular weight is 467 g/mol. The zero-order valence-electron chi connectivity index (χ0n) is 17.7. The van der Waals surface area contributed by atoms with Gasteiger partial charge in [-0.3, -0.25) is 0 Å². The zero-order valence-corrected chi connectivity index (χ0v) is 19.2. The number of hydrogen-bond donors (Lipinski definition) is 1. The topological polar surface area (TPSA) is 20.7 Å². The van der Waals surface area contributed by atoms with Crippen LogP contribution in [0.4, 0.5) is 0 Å². The molecule has 2 aromatic heterocycles. The minimum Gasteiger partial charge on any atom is -0.360 e. The number of aromatic amines is 1. The number of aromatic nitrogens is 2. The average Bonchev–Trinajstić information content (AvgIpc) is 3.39. The lowest BCUT2D eigenvalue weighted by molar-refractivity contribution is 0.846. The van der Waals surface area contributed by atoms with Gasteiger partial charge in [0, 0.05) is 55.7 Å². The second-order valence-corrected chi connectivity index (χ2v) is 9.08. The van der Waals surface area contributed by atoms with Gasteiger partial charge in [0.15, 0.2) is 0 Å². The molecule has 0 saturated heterocycles. The fraction of sp³-hybridized carbons (Fsp3) is 0.0345. The van der Waals surface area contributed by atoms with Gasteiger partial charge < -0.3 is 9.55 Å². The first-order chi connectivity index (χ1) is 16.2. The summed E-state index contributed by atoms with van der Waals surface area (Å²) in [4.78, 5) is 3.43. The molecule has 0 aliphatic heterocycles. The lowest BCUT2D eigenvalue weighted by Crippen LogP contribution is -2.02. The molecule has 2 nitrogen and oxygen atoms in total. The number of para-hydroxylation sites is 1. The van der Waals surface area contributed by atoms with E-state index in [1.807, 2.05) is 24.3 Å². The fourth-order valence-electron chi connectivity index (χ4n) is 4.71. The highest BCUT2D eigenvalue weighted by molar-refractivity contribution is 6.31. The Hall–Kier alpha value is -3.46. The number of hydrogen-bond acceptors (Lipinski definition) is 0. The third kappa shape index (κ3) is 3.52. The van der Waals surface area contributed by atoms with Crippen molar-refractivity contribution in [2.24, 2.45) is 0 Å². The Morgan fingerprint density at radius 2 is 1.42 bits per heavy atom. The molecule has 0 amide bonds. The molecule has 4 aromatic carbocycles. The largest absolute Gasteiger partial charge is 0.360 e. The highest BCUT2D eigenvalue weighted by atomic mass is 35.5. The highest BCUT2D eigenvalue weighted by Crippen LogP contribution is 2.43. The summed E-state index contributed by atoms with van der Waals surface area (Å²) >= 11 is 12.4. The van der Waals surface area contributed by atoms with Crippen LogP contribution in [0, 0.1) is 0 Å². The lowest BCUT2D eigenvalue weighted by Gasteiger charge is -2.13. The van der Waals surface area contributed by atoms with Crippen LogP contribution in [0.2, 0.25) is 10.0 Å². The molecule has 1 N–H and O–H groups in total. The Balaban J connectivity index is 1.70. The van der Waals surface area contributed by atoms with E-state index < -0.39 is 0 Å². The first-order valence-corrected chi connectivity index (χ1v) is 11.6. The second kappa shape index (κ2) is 8.15. The molecular weight excluding hydrogens is 447 g/mol. The van der Waals surface area contributed by atoms with Gasteiger partial charge in [-0.1, -0.05) is 89.9 Å². The van der Waals surface area contributed by atoms with Crippen LogP contribution in [0.1, 0.15) is 5.56 Å². The van der Waals surface area contributed by atoms with Crippen molar-refractivity contribution in [1.29, 1.82) is 0 Å². The number of fused-ring (bicyclic) bond motifs is 2. The van der Waals surface area contributed by atoms with E-state index in [-0.39, 0.29) is 0 Å². The van der Waals surface area contributed by atoms with Gasteiger partial charge in [0.1, 0.15) is 0 Å². The van der Waals surface area contributed by atoms with Gasteiger partial charge in [-0.05, 0) is 41.5 Å². The molecule has 0 unspecified atom stereocenters. The first kappa shape index (κ1) is 20.2. The van der Waals surface area contributed by atoms with Crippen LogP contribution < -0.4 is 0 Å². The van der Waals surface area contributed by atoms with Gasteiger partial charge in [-0.2, -0.15) is 0 Å². The third-order valence-electron chi connectivity index (χ3n) is 6.19. The zero-order chi connectivity index (χ0) is 22.4. The van der Waals surface area contributed by atoms with Crippen LogP contribution in [0.25, 0.3) is 44.2 Å². The van der Waals surface area contributed by atoms with Crippen LogP contribution in [-0.2, 0) is 6.54 Å². The smallest absolute Gasteiger partial charge is 0.0595 e.